The lowest BCUT2D eigenvalue weighted by Gasteiger charge is -2.26. The highest BCUT2D eigenvalue weighted by Gasteiger charge is 2.55. The second-order valence-electron chi connectivity index (χ2n) is 18.5. The molecule has 0 amide bonds. The summed E-state index contributed by atoms with van der Waals surface area (Å²) in [5.74, 6) is -1.33. The SMILES string of the molecule is C.CC(C)C(=O)[C@H](C)NN[P@](C)(=O)Oc1ccccc1.CC(C)OC(=O)[C@H](C)N[P@](=O)(OC[C@H]1O[C@@H](n2ccc(=O)[nH]c2=O)[C@](C)(F)[C@@H]1C)Oc1ccccc1.C[C@@H]1[C@@H](CO)O[C@@H](n2ccc(=O)[nH]c2=O)[C@]1(C)F. The second-order valence-corrected chi connectivity index (χ2v) is 22.3. The van der Waals surface area contributed by atoms with E-state index in [1.54, 1.807) is 89.2 Å². The van der Waals surface area contributed by atoms with Gasteiger partial charge in [0.2, 0.25) is 0 Å². The Labute approximate surface area is 427 Å². The number of aliphatic hydroxyl groups is 1. The van der Waals surface area contributed by atoms with Crippen LogP contribution in [0.5, 0.6) is 11.5 Å². The molecular formula is C48H71F2N7O15P2. The number of nitrogens with one attached hydrogen (secondary N) is 5. The molecule has 412 valence electrons. The quantitative estimate of drug-likeness (QED) is 0.0359. The smallest absolute Gasteiger partial charge is 0.459 e. The number of esters is 1. The first-order chi connectivity index (χ1) is 34.0. The van der Waals surface area contributed by atoms with Crippen LogP contribution in [-0.2, 0) is 37.5 Å². The number of halogens is 2. The molecule has 0 unspecified atom stereocenters. The van der Waals surface area contributed by atoms with Crippen LogP contribution in [0.2, 0.25) is 0 Å². The van der Waals surface area contributed by atoms with Gasteiger partial charge in [0.25, 0.3) is 11.1 Å². The number of carbonyl (C=O) groups excluding carboxylic acids is 2. The molecule has 0 bridgehead atoms. The maximum atomic E-state index is 15.7. The van der Waals surface area contributed by atoms with E-state index in [-0.39, 0.29) is 37.6 Å². The highest BCUT2D eigenvalue weighted by Crippen LogP contribution is 2.49. The molecule has 22 nitrogen and oxygen atoms in total. The number of carbonyl (C=O) groups is 2. The largest absolute Gasteiger partial charge is 0.462 e. The first-order valence-electron chi connectivity index (χ1n) is 23.3. The fourth-order valence-corrected chi connectivity index (χ4v) is 9.79. The van der Waals surface area contributed by atoms with Gasteiger partial charge in [0, 0.05) is 48.9 Å². The number of aromatic amines is 2. The number of aromatic nitrogens is 4. The maximum Gasteiger partial charge on any atom is 0.459 e. The molecule has 2 saturated heterocycles. The molecule has 2 aliphatic heterocycles. The standard InChI is InChI=1S/C23H31FN3O8P.C13H21N2O3P.C11H15FN2O4.CH4/c1-14(2)33-20(29)16(4)26-36(31,35-17-9-7-6-8-10-17)32-13-18-15(3)23(5,24)21(34-18)27-12-11-19(28)25-22(27)30;1-10(2)13(16)11(3)14-15-19(4,17)18-12-8-6-5-7-9-12;1-6-7(5-15)18-9(11(6,2)12)14-4-3-8(16)13-10(14)17;/h6-12,14-16,18,21H,13H2,1-5H3,(H,26,31)(H,25,28,30);5-11,14H,1-4H3,(H,15,17);3-4,6-7,9,15H,5H2,1-2H3,(H,13,16,17);1H4/t15-,16+,18-,21-,23-,36+;11-,19+;6-,7-,9-,11-;/m101./s1. The molecule has 2 fully saturated rings. The zero-order valence-electron chi connectivity index (χ0n) is 42.5. The molecule has 0 aliphatic carbocycles. The van der Waals surface area contributed by atoms with Crippen molar-refractivity contribution in [3.05, 3.63) is 127 Å². The minimum atomic E-state index is -4.19. The van der Waals surface area contributed by atoms with Gasteiger partial charge in [0.15, 0.2) is 29.6 Å². The van der Waals surface area contributed by atoms with Crippen LogP contribution < -0.4 is 47.3 Å². The Bertz CT molecular complexity index is 2790. The Morgan fingerprint density at radius 3 is 1.61 bits per heavy atom. The first kappa shape index (κ1) is 62.9. The maximum absolute atomic E-state index is 15.7. The van der Waals surface area contributed by atoms with Crippen molar-refractivity contribution >= 4 is 27.0 Å². The van der Waals surface area contributed by atoms with E-state index in [2.05, 4.69) is 20.7 Å². The van der Waals surface area contributed by atoms with Crippen LogP contribution in [0.15, 0.2) is 104 Å². The summed E-state index contributed by atoms with van der Waals surface area (Å²) in [6.07, 6.45) is -2.20. The second kappa shape index (κ2) is 26.9. The number of hydrogen-bond acceptors (Lipinski definition) is 16. The van der Waals surface area contributed by atoms with Crippen LogP contribution in [0.25, 0.3) is 0 Å². The zero-order valence-corrected chi connectivity index (χ0v) is 44.3. The van der Waals surface area contributed by atoms with Crippen LogP contribution in [-0.4, -0.2) is 97.6 Å². The number of hydrazine groups is 1. The number of benzene rings is 2. The highest BCUT2D eigenvalue weighted by atomic mass is 31.2. The van der Waals surface area contributed by atoms with Crippen molar-refractivity contribution in [2.24, 2.45) is 17.8 Å². The van der Waals surface area contributed by atoms with Gasteiger partial charge in [-0.05, 0) is 65.8 Å². The Morgan fingerprint density at radius 2 is 1.19 bits per heavy atom. The number of hydrogen-bond donors (Lipinski definition) is 6. The monoisotopic (exact) mass is 1090 g/mol. The number of nitrogens with zero attached hydrogens (tertiary/aromatic N) is 2. The van der Waals surface area contributed by atoms with Gasteiger partial charge in [-0.25, -0.2) is 28.4 Å². The van der Waals surface area contributed by atoms with Crippen LogP contribution in [0.3, 0.4) is 0 Å². The van der Waals surface area contributed by atoms with Crippen LogP contribution in [0.1, 0.15) is 89.1 Å². The summed E-state index contributed by atoms with van der Waals surface area (Å²) >= 11 is 0. The summed E-state index contributed by atoms with van der Waals surface area (Å²) in [5.41, 5.74) is -3.86. The third-order valence-corrected chi connectivity index (χ3v) is 14.5. The molecule has 6 N–H and O–H groups in total. The van der Waals surface area contributed by atoms with Crippen molar-refractivity contribution < 1.29 is 60.4 Å². The van der Waals surface area contributed by atoms with Gasteiger partial charge < -0.3 is 28.4 Å². The molecule has 26 heteroatoms. The third kappa shape index (κ3) is 17.1. The lowest BCUT2D eigenvalue weighted by Crippen LogP contribution is -2.44. The Balaban J connectivity index is 0.000000320. The lowest BCUT2D eigenvalue weighted by molar-refractivity contribution is -0.149. The first-order valence-corrected chi connectivity index (χ1v) is 26.9. The summed E-state index contributed by atoms with van der Waals surface area (Å²) in [4.78, 5) is 74.3. The average molecular weight is 1090 g/mol. The van der Waals surface area contributed by atoms with Crippen LogP contribution in [0, 0.1) is 17.8 Å². The van der Waals surface area contributed by atoms with Crippen LogP contribution >= 0.6 is 15.3 Å². The van der Waals surface area contributed by atoms with Crippen molar-refractivity contribution in [3.63, 3.8) is 0 Å². The number of H-pyrrole nitrogens is 2. The Hall–Kier alpha value is -5.42. The number of ether oxygens (including phenoxy) is 3. The fourth-order valence-electron chi connectivity index (χ4n) is 7.29. The van der Waals surface area contributed by atoms with Gasteiger partial charge in [-0.3, -0.25) is 47.4 Å². The predicted octanol–water partition coefficient (Wildman–Crippen LogP) is 5.95. The third-order valence-electron chi connectivity index (χ3n) is 11.8. The number of ketones is 1. The summed E-state index contributed by atoms with van der Waals surface area (Å²) in [6.45, 7) is 16.7. The predicted molar refractivity (Wildman–Crippen MR) is 272 cm³/mol. The van der Waals surface area contributed by atoms with Gasteiger partial charge in [-0.15, -0.1) is 0 Å². The Morgan fingerprint density at radius 1 is 0.743 bits per heavy atom. The lowest BCUT2D eigenvalue weighted by atomic mass is 9.90. The van der Waals surface area contributed by atoms with Gasteiger partial charge in [-0.1, -0.05) is 71.5 Å². The molecular weight excluding hydrogens is 1010 g/mol. The molecule has 2 aromatic carbocycles. The summed E-state index contributed by atoms with van der Waals surface area (Å²) in [5, 5.41) is 14.3. The van der Waals surface area contributed by atoms with Crippen molar-refractivity contribution in [2.45, 2.75) is 131 Å². The van der Waals surface area contributed by atoms with E-state index in [9.17, 15) is 42.3 Å². The molecule has 2 aliphatic rings. The summed E-state index contributed by atoms with van der Waals surface area (Å²) < 4.78 is 90.9. The van der Waals surface area contributed by atoms with Gasteiger partial charge >= 0.3 is 32.6 Å². The van der Waals surface area contributed by atoms with Crippen molar-refractivity contribution in [3.8, 4) is 11.5 Å². The number of Topliss-reactive ketones (excluding diaryl/α,β-unsaturated/α-hetero) is 1. The summed E-state index contributed by atoms with van der Waals surface area (Å²) in [7, 11) is -7.24. The Kier molecular flexibility index (Phi) is 22.8. The normalized spacial score (nSPS) is 25.6. The average Bonchev–Trinajstić information content (AvgIpc) is 3.68. The number of alkyl halides is 2. The molecule has 0 spiro atoms. The van der Waals surface area contributed by atoms with E-state index in [1.807, 2.05) is 24.9 Å². The van der Waals surface area contributed by atoms with Crippen LogP contribution in [0.4, 0.5) is 8.78 Å². The topological polar surface area (TPSA) is 290 Å². The van der Waals surface area contributed by atoms with E-state index in [0.717, 1.165) is 27.5 Å². The number of aliphatic hydroxyl groups excluding tert-OH is 1. The van der Waals surface area contributed by atoms with E-state index >= 15 is 4.39 Å². The number of rotatable bonds is 19. The zero-order chi connectivity index (χ0) is 54.6. The van der Waals surface area contributed by atoms with Gasteiger partial charge in [0.05, 0.1) is 37.6 Å². The van der Waals surface area contributed by atoms with Crippen molar-refractivity contribution in [2.75, 3.05) is 19.9 Å². The van der Waals surface area contributed by atoms with Gasteiger partial charge in [0.1, 0.15) is 17.5 Å². The molecule has 2 aromatic heterocycles. The molecule has 12 atom stereocenters. The minimum absolute atomic E-state index is 0. The van der Waals surface area contributed by atoms with E-state index in [1.165, 1.54) is 33.6 Å². The van der Waals surface area contributed by atoms with Crippen molar-refractivity contribution in [1.82, 2.24) is 34.8 Å². The molecule has 0 radical (unpaired) electrons. The van der Waals surface area contributed by atoms with E-state index in [4.69, 9.17) is 32.9 Å². The molecule has 74 heavy (non-hydrogen) atoms. The molecule has 4 heterocycles. The molecule has 4 aromatic rings. The van der Waals surface area contributed by atoms with Gasteiger partial charge in [-0.2, -0.15) is 10.3 Å². The number of para-hydroxylation sites is 2. The molecule has 0 saturated carbocycles. The van der Waals surface area contributed by atoms with E-state index in [0.29, 0.717) is 5.75 Å². The van der Waals surface area contributed by atoms with Crippen molar-refractivity contribution in [1.29, 1.82) is 0 Å². The summed E-state index contributed by atoms with van der Waals surface area (Å²) in [6, 6.07) is 17.8. The molecule has 6 rings (SSSR count). The van der Waals surface area contributed by atoms with E-state index < -0.39 is 110 Å². The minimum Gasteiger partial charge on any atom is -0.462 e. The highest BCUT2D eigenvalue weighted by molar-refractivity contribution is 7.56. The fraction of sp³-hybridized carbons (Fsp3) is 0.542.